The maximum absolute atomic E-state index is 12.6. The van der Waals surface area contributed by atoms with Gasteiger partial charge in [0.25, 0.3) is 0 Å². The van der Waals surface area contributed by atoms with E-state index in [1.807, 2.05) is 31.2 Å². The molecule has 0 saturated heterocycles. The Labute approximate surface area is 127 Å². The second kappa shape index (κ2) is 6.83. The molecule has 1 unspecified atom stereocenters. The molecule has 0 amide bonds. The molecule has 0 radical (unpaired) electrons. The summed E-state index contributed by atoms with van der Waals surface area (Å²) in [6, 6.07) is 12.3. The fraction of sp³-hybridized carbons (Fsp3) is 0.294. The highest BCUT2D eigenvalue weighted by atomic mass is 19.4. The van der Waals surface area contributed by atoms with E-state index >= 15 is 0 Å². The summed E-state index contributed by atoms with van der Waals surface area (Å²) in [7, 11) is 0. The molecule has 0 heterocycles. The molecular formula is C17H17F3O2. The third-order valence-electron chi connectivity index (χ3n) is 3.38. The van der Waals surface area contributed by atoms with Gasteiger partial charge in [0.2, 0.25) is 0 Å². The lowest BCUT2D eigenvalue weighted by Gasteiger charge is -2.17. The highest BCUT2D eigenvalue weighted by molar-refractivity contribution is 5.31. The first kappa shape index (κ1) is 16.4. The average Bonchev–Trinajstić information content (AvgIpc) is 2.49. The summed E-state index contributed by atoms with van der Waals surface area (Å²) in [4.78, 5) is 0. The lowest BCUT2D eigenvalue weighted by Crippen LogP contribution is -2.14. The van der Waals surface area contributed by atoms with Crippen LogP contribution in [0.5, 0.6) is 5.75 Å². The van der Waals surface area contributed by atoms with Crippen LogP contribution in [-0.4, -0.2) is 18.3 Å². The summed E-state index contributed by atoms with van der Waals surface area (Å²) in [6.07, 6.45) is -4.40. The van der Waals surface area contributed by atoms with E-state index in [-0.39, 0.29) is 24.9 Å². The van der Waals surface area contributed by atoms with Crippen molar-refractivity contribution in [1.82, 2.24) is 0 Å². The number of ether oxygens (including phenoxy) is 1. The van der Waals surface area contributed by atoms with Gasteiger partial charge in [-0.2, -0.15) is 13.2 Å². The Balaban J connectivity index is 2.06. The van der Waals surface area contributed by atoms with Crippen LogP contribution >= 0.6 is 0 Å². The Morgan fingerprint density at radius 3 is 2.36 bits per heavy atom. The van der Waals surface area contributed by atoms with E-state index in [2.05, 4.69) is 0 Å². The number of aliphatic hydroxyl groups excluding tert-OH is 1. The molecule has 0 saturated carbocycles. The van der Waals surface area contributed by atoms with Crippen molar-refractivity contribution in [1.29, 1.82) is 0 Å². The predicted octanol–water partition coefficient (Wildman–Crippen LogP) is 4.17. The van der Waals surface area contributed by atoms with Gasteiger partial charge in [-0.3, -0.25) is 0 Å². The second-order valence-electron chi connectivity index (χ2n) is 5.13. The van der Waals surface area contributed by atoms with E-state index in [0.717, 1.165) is 23.3 Å². The molecule has 0 spiro atoms. The molecule has 2 aromatic rings. The predicted molar refractivity (Wildman–Crippen MR) is 77.9 cm³/mol. The Hall–Kier alpha value is -2.01. The monoisotopic (exact) mass is 310 g/mol. The zero-order valence-electron chi connectivity index (χ0n) is 12.1. The molecule has 1 atom stereocenters. The van der Waals surface area contributed by atoms with E-state index in [0.29, 0.717) is 0 Å². The van der Waals surface area contributed by atoms with Gasteiger partial charge in [0.15, 0.2) is 0 Å². The SMILES string of the molecule is Cc1ccc(C(CO)COc2cccc(C(F)(F)F)c2)cc1. The molecule has 0 aliphatic heterocycles. The summed E-state index contributed by atoms with van der Waals surface area (Å²) < 4.78 is 43.3. The van der Waals surface area contributed by atoms with Crippen molar-refractivity contribution >= 4 is 0 Å². The van der Waals surface area contributed by atoms with Gasteiger partial charge >= 0.3 is 6.18 Å². The Kier molecular flexibility index (Phi) is 5.08. The Bertz CT molecular complexity index is 606. The van der Waals surface area contributed by atoms with Gasteiger partial charge < -0.3 is 9.84 Å². The standard InChI is InChI=1S/C17H17F3O2/c1-12-5-7-13(8-6-12)14(10-21)11-22-16-4-2-3-15(9-16)17(18,19)20/h2-9,14,21H,10-11H2,1H3. The molecular weight excluding hydrogens is 293 g/mol. The van der Waals surface area contributed by atoms with Gasteiger partial charge in [-0.15, -0.1) is 0 Å². The largest absolute Gasteiger partial charge is 0.493 e. The maximum atomic E-state index is 12.6. The summed E-state index contributed by atoms with van der Waals surface area (Å²) in [5.41, 5.74) is 1.24. The van der Waals surface area contributed by atoms with Crippen LogP contribution in [0.15, 0.2) is 48.5 Å². The number of hydrogen-bond acceptors (Lipinski definition) is 2. The number of alkyl halides is 3. The second-order valence-corrected chi connectivity index (χ2v) is 5.13. The van der Waals surface area contributed by atoms with Gasteiger partial charge in [0, 0.05) is 5.92 Å². The van der Waals surface area contributed by atoms with Gasteiger partial charge in [0.05, 0.1) is 18.8 Å². The minimum Gasteiger partial charge on any atom is -0.493 e. The first-order valence-electron chi connectivity index (χ1n) is 6.87. The first-order valence-corrected chi connectivity index (χ1v) is 6.87. The molecule has 2 aromatic carbocycles. The van der Waals surface area contributed by atoms with Crippen molar-refractivity contribution in [2.24, 2.45) is 0 Å². The van der Waals surface area contributed by atoms with Crippen molar-refractivity contribution in [3.05, 3.63) is 65.2 Å². The van der Waals surface area contributed by atoms with Crippen molar-refractivity contribution in [2.45, 2.75) is 19.0 Å². The molecule has 2 rings (SSSR count). The molecule has 0 aliphatic carbocycles. The highest BCUT2D eigenvalue weighted by Crippen LogP contribution is 2.31. The number of hydrogen-bond donors (Lipinski definition) is 1. The van der Waals surface area contributed by atoms with E-state index in [9.17, 15) is 18.3 Å². The maximum Gasteiger partial charge on any atom is 0.416 e. The highest BCUT2D eigenvalue weighted by Gasteiger charge is 2.30. The van der Waals surface area contributed by atoms with Crippen LogP contribution in [0.2, 0.25) is 0 Å². The molecule has 2 nitrogen and oxygen atoms in total. The molecule has 0 aliphatic rings. The zero-order valence-corrected chi connectivity index (χ0v) is 12.1. The van der Waals surface area contributed by atoms with E-state index in [1.54, 1.807) is 0 Å². The van der Waals surface area contributed by atoms with Crippen LogP contribution in [0.1, 0.15) is 22.6 Å². The fourth-order valence-corrected chi connectivity index (χ4v) is 2.05. The van der Waals surface area contributed by atoms with E-state index in [4.69, 9.17) is 4.74 Å². The van der Waals surface area contributed by atoms with E-state index in [1.165, 1.54) is 12.1 Å². The van der Waals surface area contributed by atoms with E-state index < -0.39 is 11.7 Å². The van der Waals surface area contributed by atoms with Crippen molar-refractivity contribution in [3.8, 4) is 5.75 Å². The number of halogens is 3. The minimum absolute atomic E-state index is 0.112. The van der Waals surface area contributed by atoms with Crippen molar-refractivity contribution < 1.29 is 23.0 Å². The van der Waals surface area contributed by atoms with Crippen LogP contribution in [0.4, 0.5) is 13.2 Å². The van der Waals surface area contributed by atoms with Gasteiger partial charge in [0.1, 0.15) is 5.75 Å². The smallest absolute Gasteiger partial charge is 0.416 e. The summed E-state index contributed by atoms with van der Waals surface area (Å²) in [5.74, 6) is -0.143. The molecule has 5 heteroatoms. The zero-order chi connectivity index (χ0) is 16.2. The van der Waals surface area contributed by atoms with Crippen LogP contribution < -0.4 is 4.74 Å². The third kappa shape index (κ3) is 4.24. The molecule has 22 heavy (non-hydrogen) atoms. The number of benzene rings is 2. The molecule has 118 valence electrons. The number of aryl methyl sites for hydroxylation is 1. The third-order valence-corrected chi connectivity index (χ3v) is 3.38. The summed E-state index contributed by atoms with van der Waals surface area (Å²) in [6.45, 7) is 1.93. The number of aliphatic hydroxyl groups is 1. The van der Waals surface area contributed by atoms with Crippen LogP contribution in [0.3, 0.4) is 0 Å². The quantitative estimate of drug-likeness (QED) is 0.898. The van der Waals surface area contributed by atoms with Crippen LogP contribution in [0, 0.1) is 6.92 Å². The van der Waals surface area contributed by atoms with Gasteiger partial charge in [-0.25, -0.2) is 0 Å². The Morgan fingerprint density at radius 1 is 1.09 bits per heavy atom. The summed E-state index contributed by atoms with van der Waals surface area (Å²) >= 11 is 0. The van der Waals surface area contributed by atoms with Crippen molar-refractivity contribution in [2.75, 3.05) is 13.2 Å². The molecule has 0 aromatic heterocycles. The summed E-state index contributed by atoms with van der Waals surface area (Å²) in [5, 5.41) is 9.45. The van der Waals surface area contributed by atoms with Crippen LogP contribution in [-0.2, 0) is 6.18 Å². The topological polar surface area (TPSA) is 29.5 Å². The normalized spacial score (nSPS) is 13.0. The lowest BCUT2D eigenvalue weighted by molar-refractivity contribution is -0.137. The lowest BCUT2D eigenvalue weighted by atomic mass is 10.00. The minimum atomic E-state index is -4.40. The molecule has 1 N–H and O–H groups in total. The van der Waals surface area contributed by atoms with Gasteiger partial charge in [-0.05, 0) is 30.7 Å². The molecule has 0 fully saturated rings. The number of rotatable bonds is 5. The van der Waals surface area contributed by atoms with Gasteiger partial charge in [-0.1, -0.05) is 35.9 Å². The fourth-order valence-electron chi connectivity index (χ4n) is 2.05. The first-order chi connectivity index (χ1) is 10.4. The average molecular weight is 310 g/mol. The Morgan fingerprint density at radius 2 is 1.77 bits per heavy atom. The molecule has 0 bridgehead atoms. The van der Waals surface area contributed by atoms with Crippen LogP contribution in [0.25, 0.3) is 0 Å². The van der Waals surface area contributed by atoms with Crippen molar-refractivity contribution in [3.63, 3.8) is 0 Å².